The lowest BCUT2D eigenvalue weighted by molar-refractivity contribution is -0.165. The van der Waals surface area contributed by atoms with E-state index in [1.165, 1.54) is 6.92 Å². The summed E-state index contributed by atoms with van der Waals surface area (Å²) in [5.74, 6) is -0.612. The molecule has 0 aromatic rings. The Bertz CT molecular complexity index is 407. The Morgan fingerprint density at radius 3 is 2.40 bits per heavy atom. The van der Waals surface area contributed by atoms with Gasteiger partial charge in [0.1, 0.15) is 12.1 Å². The molecule has 0 bridgehead atoms. The van der Waals surface area contributed by atoms with Crippen LogP contribution < -0.4 is 5.32 Å². The fourth-order valence-corrected chi connectivity index (χ4v) is 2.84. The van der Waals surface area contributed by atoms with Crippen LogP contribution >= 0.6 is 0 Å². The molecule has 2 fully saturated rings. The molecule has 2 aliphatic rings. The largest absolute Gasteiger partial charge is 0.391 e. The van der Waals surface area contributed by atoms with Gasteiger partial charge in [-0.15, -0.1) is 0 Å². The quantitative estimate of drug-likeness (QED) is 0.859. The van der Waals surface area contributed by atoms with Gasteiger partial charge >= 0.3 is 6.18 Å². The minimum absolute atomic E-state index is 0.0878. The van der Waals surface area contributed by atoms with Crippen LogP contribution in [-0.2, 0) is 9.59 Å². The van der Waals surface area contributed by atoms with Gasteiger partial charge in [-0.3, -0.25) is 9.59 Å². The molecule has 0 radical (unpaired) electrons. The Balaban J connectivity index is 2.19. The van der Waals surface area contributed by atoms with Crippen molar-refractivity contribution in [1.29, 1.82) is 0 Å². The first-order valence-corrected chi connectivity index (χ1v) is 6.94. The highest BCUT2D eigenvalue weighted by Gasteiger charge is 2.48. The third-order valence-corrected chi connectivity index (χ3v) is 3.94. The van der Waals surface area contributed by atoms with Crippen LogP contribution in [0.25, 0.3) is 0 Å². The first-order valence-electron chi connectivity index (χ1n) is 6.94. The van der Waals surface area contributed by atoms with Crippen molar-refractivity contribution < 1.29 is 22.8 Å². The highest BCUT2D eigenvalue weighted by Crippen LogP contribution is 2.36. The molecule has 20 heavy (non-hydrogen) atoms. The van der Waals surface area contributed by atoms with Crippen molar-refractivity contribution in [3.8, 4) is 0 Å². The third-order valence-electron chi connectivity index (χ3n) is 3.94. The van der Waals surface area contributed by atoms with Gasteiger partial charge in [0.15, 0.2) is 0 Å². The second-order valence-electron chi connectivity index (χ2n) is 5.66. The Labute approximate surface area is 115 Å². The molecule has 1 N–H and O–H groups in total. The van der Waals surface area contributed by atoms with Crippen molar-refractivity contribution in [2.75, 3.05) is 0 Å². The molecule has 0 aromatic heterocycles. The van der Waals surface area contributed by atoms with E-state index >= 15 is 0 Å². The van der Waals surface area contributed by atoms with E-state index in [-0.39, 0.29) is 17.7 Å². The number of halogens is 3. The summed E-state index contributed by atoms with van der Waals surface area (Å²) in [5.41, 5.74) is 0. The molecule has 1 heterocycles. The number of nitrogens with zero attached hydrogens (tertiary/aromatic N) is 1. The minimum Gasteiger partial charge on any atom is -0.342 e. The van der Waals surface area contributed by atoms with E-state index in [0.717, 1.165) is 17.7 Å². The SMILES string of the molecule is CCC1C(=O)NC(C2CC2)C(=O)N1C(C)CC(F)(F)F. The van der Waals surface area contributed by atoms with E-state index in [2.05, 4.69) is 5.32 Å². The Kier molecular flexibility index (Phi) is 3.97. The summed E-state index contributed by atoms with van der Waals surface area (Å²) in [6.45, 7) is 3.05. The molecule has 1 saturated heterocycles. The van der Waals surface area contributed by atoms with Gasteiger partial charge < -0.3 is 10.2 Å². The molecule has 2 rings (SSSR count). The summed E-state index contributed by atoms with van der Waals surface area (Å²) in [6, 6.07) is -2.45. The zero-order valence-electron chi connectivity index (χ0n) is 11.5. The van der Waals surface area contributed by atoms with Crippen molar-refractivity contribution >= 4 is 11.8 Å². The molecule has 0 spiro atoms. The lowest BCUT2D eigenvalue weighted by Crippen LogP contribution is -2.66. The second kappa shape index (κ2) is 5.26. The first kappa shape index (κ1) is 15.1. The van der Waals surface area contributed by atoms with E-state index in [1.54, 1.807) is 6.92 Å². The fourth-order valence-electron chi connectivity index (χ4n) is 2.84. The normalized spacial score (nSPS) is 29.4. The third kappa shape index (κ3) is 3.07. The van der Waals surface area contributed by atoms with Crippen LogP contribution in [0.3, 0.4) is 0 Å². The molecule has 3 unspecified atom stereocenters. The summed E-state index contributed by atoms with van der Waals surface area (Å²) in [7, 11) is 0. The van der Waals surface area contributed by atoms with Crippen LogP contribution in [0.2, 0.25) is 0 Å². The summed E-state index contributed by atoms with van der Waals surface area (Å²) in [6.07, 6.45) is -3.43. The number of carbonyl (C=O) groups is 2. The van der Waals surface area contributed by atoms with Crippen LogP contribution in [0.1, 0.15) is 39.5 Å². The maximum atomic E-state index is 12.5. The Morgan fingerprint density at radius 1 is 1.35 bits per heavy atom. The van der Waals surface area contributed by atoms with Gasteiger partial charge in [-0.25, -0.2) is 0 Å². The molecule has 2 amide bonds. The van der Waals surface area contributed by atoms with Crippen molar-refractivity contribution in [3.63, 3.8) is 0 Å². The van der Waals surface area contributed by atoms with Gasteiger partial charge in [0.25, 0.3) is 0 Å². The van der Waals surface area contributed by atoms with Crippen LogP contribution in [0.15, 0.2) is 0 Å². The minimum atomic E-state index is -4.35. The predicted molar refractivity (Wildman–Crippen MR) is 65.7 cm³/mol. The number of amides is 2. The first-order chi connectivity index (χ1) is 9.24. The topological polar surface area (TPSA) is 49.4 Å². The fraction of sp³-hybridized carbons (Fsp3) is 0.846. The molecular weight excluding hydrogens is 273 g/mol. The van der Waals surface area contributed by atoms with Crippen molar-refractivity contribution in [3.05, 3.63) is 0 Å². The molecule has 0 aromatic carbocycles. The van der Waals surface area contributed by atoms with Crippen molar-refractivity contribution in [2.24, 2.45) is 5.92 Å². The molecule has 1 saturated carbocycles. The summed E-state index contributed by atoms with van der Waals surface area (Å²) >= 11 is 0. The van der Waals surface area contributed by atoms with E-state index in [0.29, 0.717) is 6.42 Å². The predicted octanol–water partition coefficient (Wildman–Crippen LogP) is 1.84. The van der Waals surface area contributed by atoms with Gasteiger partial charge in [0.2, 0.25) is 11.8 Å². The zero-order chi connectivity index (χ0) is 15.1. The van der Waals surface area contributed by atoms with Crippen LogP contribution in [-0.4, -0.2) is 41.0 Å². The average molecular weight is 292 g/mol. The standard InChI is InChI=1S/C13H19F3N2O2/c1-3-9-11(19)17-10(8-4-5-8)12(20)18(9)7(2)6-13(14,15)16/h7-10H,3-6H2,1-2H3,(H,17,19). The molecule has 4 nitrogen and oxygen atoms in total. The molecular formula is C13H19F3N2O2. The molecule has 3 atom stereocenters. The molecule has 114 valence electrons. The summed E-state index contributed by atoms with van der Waals surface area (Å²) < 4.78 is 37.6. The van der Waals surface area contributed by atoms with Gasteiger partial charge in [-0.2, -0.15) is 13.2 Å². The van der Waals surface area contributed by atoms with Gasteiger partial charge in [0.05, 0.1) is 6.42 Å². The Hall–Kier alpha value is -1.27. The van der Waals surface area contributed by atoms with Crippen LogP contribution in [0.5, 0.6) is 0 Å². The lowest BCUT2D eigenvalue weighted by atomic mass is 9.98. The smallest absolute Gasteiger partial charge is 0.342 e. The van der Waals surface area contributed by atoms with E-state index in [9.17, 15) is 22.8 Å². The van der Waals surface area contributed by atoms with E-state index in [1.807, 2.05) is 0 Å². The van der Waals surface area contributed by atoms with Crippen molar-refractivity contribution in [1.82, 2.24) is 10.2 Å². The summed E-state index contributed by atoms with van der Waals surface area (Å²) in [5, 5.41) is 2.67. The number of piperazine rings is 1. The average Bonchev–Trinajstić information content (AvgIpc) is 3.12. The molecule has 1 aliphatic heterocycles. The monoisotopic (exact) mass is 292 g/mol. The Morgan fingerprint density at radius 2 is 1.95 bits per heavy atom. The van der Waals surface area contributed by atoms with Crippen LogP contribution in [0, 0.1) is 5.92 Å². The van der Waals surface area contributed by atoms with Gasteiger partial charge in [-0.1, -0.05) is 6.92 Å². The molecule has 1 aliphatic carbocycles. The zero-order valence-corrected chi connectivity index (χ0v) is 11.5. The number of rotatable bonds is 4. The maximum Gasteiger partial charge on any atom is 0.391 e. The number of alkyl halides is 3. The lowest BCUT2D eigenvalue weighted by Gasteiger charge is -2.42. The highest BCUT2D eigenvalue weighted by molar-refractivity contribution is 5.97. The number of hydrogen-bond donors (Lipinski definition) is 1. The maximum absolute atomic E-state index is 12.5. The van der Waals surface area contributed by atoms with Crippen molar-refractivity contribution in [2.45, 2.75) is 63.8 Å². The van der Waals surface area contributed by atoms with E-state index < -0.39 is 30.7 Å². The number of hydrogen-bond acceptors (Lipinski definition) is 2. The number of nitrogens with one attached hydrogen (secondary N) is 1. The van der Waals surface area contributed by atoms with E-state index in [4.69, 9.17) is 0 Å². The summed E-state index contributed by atoms with van der Waals surface area (Å²) in [4.78, 5) is 25.5. The van der Waals surface area contributed by atoms with Gasteiger partial charge in [-0.05, 0) is 32.1 Å². The number of carbonyl (C=O) groups excluding carboxylic acids is 2. The highest BCUT2D eigenvalue weighted by atomic mass is 19.4. The van der Waals surface area contributed by atoms with Gasteiger partial charge in [0, 0.05) is 6.04 Å². The second-order valence-corrected chi connectivity index (χ2v) is 5.66. The van der Waals surface area contributed by atoms with Crippen LogP contribution in [0.4, 0.5) is 13.2 Å². The molecule has 7 heteroatoms.